The Morgan fingerprint density at radius 1 is 1.58 bits per heavy atom. The number of likely N-dealkylation sites (tertiary alicyclic amines) is 1. The van der Waals surface area contributed by atoms with E-state index >= 15 is 0 Å². The van der Waals surface area contributed by atoms with Crippen molar-refractivity contribution in [2.24, 2.45) is 0 Å². The first-order chi connectivity index (χ1) is 9.04. The van der Waals surface area contributed by atoms with Crippen LogP contribution in [0.25, 0.3) is 0 Å². The quantitative estimate of drug-likeness (QED) is 0.679. The minimum Gasteiger partial charge on any atom is -0.394 e. The predicted octanol–water partition coefficient (Wildman–Crippen LogP) is 1.95. The number of nitro groups is 1. The molecule has 1 saturated heterocycles. The van der Waals surface area contributed by atoms with Crippen LogP contribution in [-0.2, 0) is 0 Å². The molecule has 1 unspecified atom stereocenters. The van der Waals surface area contributed by atoms with E-state index in [9.17, 15) is 20.0 Å². The molecule has 1 fully saturated rings. The van der Waals surface area contributed by atoms with Crippen LogP contribution < -0.4 is 0 Å². The molecule has 1 aromatic carbocycles. The molecule has 1 heterocycles. The summed E-state index contributed by atoms with van der Waals surface area (Å²) in [7, 11) is 0. The normalized spacial score (nSPS) is 18.6. The molecule has 7 heteroatoms. The van der Waals surface area contributed by atoms with E-state index < -0.39 is 4.92 Å². The van der Waals surface area contributed by atoms with E-state index in [1.807, 2.05) is 0 Å². The van der Waals surface area contributed by atoms with Crippen LogP contribution in [-0.4, -0.2) is 40.0 Å². The van der Waals surface area contributed by atoms with Crippen molar-refractivity contribution in [2.75, 3.05) is 13.2 Å². The van der Waals surface area contributed by atoms with Crippen LogP contribution in [0.1, 0.15) is 23.2 Å². The number of rotatable bonds is 3. The van der Waals surface area contributed by atoms with Gasteiger partial charge in [0.2, 0.25) is 0 Å². The van der Waals surface area contributed by atoms with Gasteiger partial charge >= 0.3 is 0 Å². The summed E-state index contributed by atoms with van der Waals surface area (Å²) in [6, 6.07) is 3.90. The van der Waals surface area contributed by atoms with Gasteiger partial charge in [0.1, 0.15) is 0 Å². The first-order valence-corrected chi connectivity index (χ1v) is 6.69. The number of hydrogen-bond donors (Lipinski definition) is 1. The maximum Gasteiger partial charge on any atom is 0.270 e. The largest absolute Gasteiger partial charge is 0.394 e. The van der Waals surface area contributed by atoms with Gasteiger partial charge in [-0.15, -0.1) is 0 Å². The summed E-state index contributed by atoms with van der Waals surface area (Å²) < 4.78 is 0.520. The number of benzene rings is 1. The molecule has 1 amide bonds. The average Bonchev–Trinajstić information content (AvgIpc) is 2.86. The standard InChI is InChI=1S/C12H13BrN2O4/c13-11-4-3-8(15(18)19)6-10(11)12(17)14-5-1-2-9(14)7-16/h3-4,6,9,16H,1-2,5,7H2. The monoisotopic (exact) mass is 328 g/mol. The number of halogens is 1. The lowest BCUT2D eigenvalue weighted by Crippen LogP contribution is -2.37. The van der Waals surface area contributed by atoms with Crippen LogP contribution in [0.3, 0.4) is 0 Å². The van der Waals surface area contributed by atoms with Crippen molar-refractivity contribution in [1.82, 2.24) is 4.90 Å². The Hall–Kier alpha value is -1.47. The number of nitro benzene ring substituents is 1. The molecule has 1 aliphatic heterocycles. The van der Waals surface area contributed by atoms with Gasteiger partial charge in [0, 0.05) is 23.2 Å². The van der Waals surface area contributed by atoms with Crippen LogP contribution in [0.4, 0.5) is 5.69 Å². The average molecular weight is 329 g/mol. The number of carbonyl (C=O) groups is 1. The summed E-state index contributed by atoms with van der Waals surface area (Å²) in [6.45, 7) is 0.484. The molecule has 1 aromatic rings. The lowest BCUT2D eigenvalue weighted by atomic mass is 10.1. The van der Waals surface area contributed by atoms with Crippen molar-refractivity contribution in [1.29, 1.82) is 0 Å². The van der Waals surface area contributed by atoms with E-state index in [-0.39, 0.29) is 29.8 Å². The third kappa shape index (κ3) is 2.76. The minimum atomic E-state index is -0.531. The molecule has 19 heavy (non-hydrogen) atoms. The van der Waals surface area contributed by atoms with Crippen LogP contribution in [0.15, 0.2) is 22.7 Å². The molecule has 0 radical (unpaired) electrons. The van der Waals surface area contributed by atoms with Gasteiger partial charge in [-0.25, -0.2) is 0 Å². The van der Waals surface area contributed by atoms with Gasteiger partial charge in [0.25, 0.3) is 11.6 Å². The van der Waals surface area contributed by atoms with Crippen molar-refractivity contribution in [3.63, 3.8) is 0 Å². The smallest absolute Gasteiger partial charge is 0.270 e. The fourth-order valence-electron chi connectivity index (χ4n) is 2.24. The second-order valence-electron chi connectivity index (χ2n) is 4.40. The molecular weight excluding hydrogens is 316 g/mol. The van der Waals surface area contributed by atoms with Gasteiger partial charge in [-0.1, -0.05) is 0 Å². The lowest BCUT2D eigenvalue weighted by molar-refractivity contribution is -0.384. The van der Waals surface area contributed by atoms with Crippen LogP contribution in [0, 0.1) is 10.1 Å². The second-order valence-corrected chi connectivity index (χ2v) is 5.25. The Morgan fingerprint density at radius 3 is 2.95 bits per heavy atom. The third-order valence-corrected chi connectivity index (χ3v) is 3.93. The lowest BCUT2D eigenvalue weighted by Gasteiger charge is -2.23. The van der Waals surface area contributed by atoms with E-state index in [4.69, 9.17) is 0 Å². The van der Waals surface area contributed by atoms with Gasteiger partial charge in [0.15, 0.2) is 0 Å². The summed E-state index contributed by atoms with van der Waals surface area (Å²) in [6.07, 6.45) is 1.60. The molecule has 1 aliphatic rings. The molecule has 2 rings (SSSR count). The van der Waals surface area contributed by atoms with E-state index in [0.29, 0.717) is 11.0 Å². The number of carbonyl (C=O) groups excluding carboxylic acids is 1. The number of hydrogen-bond acceptors (Lipinski definition) is 4. The summed E-state index contributed by atoms with van der Waals surface area (Å²) in [5.74, 6) is -0.285. The van der Waals surface area contributed by atoms with E-state index in [1.54, 1.807) is 4.90 Å². The summed E-state index contributed by atoms with van der Waals surface area (Å²) in [5.41, 5.74) is 0.140. The van der Waals surface area contributed by atoms with Crippen molar-refractivity contribution in [3.8, 4) is 0 Å². The molecule has 0 aliphatic carbocycles. The van der Waals surface area contributed by atoms with Crippen molar-refractivity contribution in [3.05, 3.63) is 38.3 Å². The van der Waals surface area contributed by atoms with Gasteiger partial charge in [-0.05, 0) is 34.8 Å². The topological polar surface area (TPSA) is 83.7 Å². The summed E-state index contributed by atoms with van der Waals surface area (Å²) >= 11 is 3.24. The second kappa shape index (κ2) is 5.66. The maximum atomic E-state index is 12.4. The molecule has 0 spiro atoms. The Kier molecular flexibility index (Phi) is 4.16. The highest BCUT2D eigenvalue weighted by atomic mass is 79.9. The highest BCUT2D eigenvalue weighted by molar-refractivity contribution is 9.10. The Morgan fingerprint density at radius 2 is 2.32 bits per heavy atom. The number of non-ortho nitro benzene ring substituents is 1. The molecule has 0 aromatic heterocycles. The maximum absolute atomic E-state index is 12.4. The van der Waals surface area contributed by atoms with Crippen LogP contribution in [0.5, 0.6) is 0 Å². The Bertz CT molecular complexity index is 520. The number of aliphatic hydroxyl groups is 1. The molecule has 102 valence electrons. The van der Waals surface area contributed by atoms with Gasteiger partial charge < -0.3 is 10.0 Å². The zero-order chi connectivity index (χ0) is 14.0. The van der Waals surface area contributed by atoms with E-state index in [0.717, 1.165) is 12.8 Å². The predicted molar refractivity (Wildman–Crippen MR) is 71.9 cm³/mol. The summed E-state index contributed by atoms with van der Waals surface area (Å²) in [5, 5.41) is 20.0. The fraction of sp³-hybridized carbons (Fsp3) is 0.417. The minimum absolute atomic E-state index is 0.0850. The molecule has 0 saturated carbocycles. The molecule has 1 atom stereocenters. The molecule has 1 N–H and O–H groups in total. The zero-order valence-electron chi connectivity index (χ0n) is 10.1. The van der Waals surface area contributed by atoms with Crippen LogP contribution >= 0.6 is 15.9 Å². The van der Waals surface area contributed by atoms with Gasteiger partial charge in [-0.3, -0.25) is 14.9 Å². The number of aliphatic hydroxyl groups excluding tert-OH is 1. The SMILES string of the molecule is O=C(c1cc([N+](=O)[O-])ccc1Br)N1CCCC1CO. The van der Waals surface area contributed by atoms with E-state index in [1.165, 1.54) is 18.2 Å². The zero-order valence-corrected chi connectivity index (χ0v) is 11.7. The molecular formula is C12H13BrN2O4. The Labute approximate surface area is 118 Å². The molecule has 0 bridgehead atoms. The van der Waals surface area contributed by atoms with Gasteiger partial charge in [0.05, 0.1) is 23.1 Å². The highest BCUT2D eigenvalue weighted by Gasteiger charge is 2.30. The Balaban J connectivity index is 2.32. The van der Waals surface area contributed by atoms with Crippen molar-refractivity contribution < 1.29 is 14.8 Å². The molecule has 6 nitrogen and oxygen atoms in total. The van der Waals surface area contributed by atoms with Crippen LogP contribution in [0.2, 0.25) is 0 Å². The first-order valence-electron chi connectivity index (χ1n) is 5.90. The number of nitrogens with zero attached hydrogens (tertiary/aromatic N) is 2. The fourth-order valence-corrected chi connectivity index (χ4v) is 2.65. The van der Waals surface area contributed by atoms with Gasteiger partial charge in [-0.2, -0.15) is 0 Å². The van der Waals surface area contributed by atoms with Crippen molar-refractivity contribution in [2.45, 2.75) is 18.9 Å². The van der Waals surface area contributed by atoms with Crippen molar-refractivity contribution >= 4 is 27.5 Å². The number of amides is 1. The van der Waals surface area contributed by atoms with E-state index in [2.05, 4.69) is 15.9 Å². The highest BCUT2D eigenvalue weighted by Crippen LogP contribution is 2.27. The summed E-state index contributed by atoms with van der Waals surface area (Å²) in [4.78, 5) is 24.2. The first kappa shape index (κ1) is 14.0. The third-order valence-electron chi connectivity index (χ3n) is 3.24.